The van der Waals surface area contributed by atoms with Crippen molar-refractivity contribution in [1.29, 1.82) is 0 Å². The maximum absolute atomic E-state index is 12.9. The van der Waals surface area contributed by atoms with Gasteiger partial charge in [-0.15, -0.1) is 5.10 Å². The standard InChI is InChI=1S/C19H17F3N4O3S2/c1-31(28,29)15-8-6-14(7-9-15)26-17(24-18(25-26)30-11-10-16(23)27)12-2-4-13(5-3-12)19(20,21)22/h2-9H,10-11H2,1H3,(H2,23,27). The molecule has 1 heterocycles. The molecular weight excluding hydrogens is 453 g/mol. The number of carbonyl (C=O) groups excluding carboxylic acids is 1. The first kappa shape index (κ1) is 22.8. The summed E-state index contributed by atoms with van der Waals surface area (Å²) in [5, 5.41) is 4.66. The number of hydrogen-bond donors (Lipinski definition) is 1. The highest BCUT2D eigenvalue weighted by atomic mass is 32.2. The van der Waals surface area contributed by atoms with Crippen molar-refractivity contribution in [3.63, 3.8) is 0 Å². The normalized spacial score (nSPS) is 12.1. The Hall–Kier alpha value is -2.86. The molecule has 1 aromatic heterocycles. The molecular formula is C19H17F3N4O3S2. The topological polar surface area (TPSA) is 108 Å². The van der Waals surface area contributed by atoms with E-state index in [9.17, 15) is 26.4 Å². The molecule has 0 atom stereocenters. The lowest BCUT2D eigenvalue weighted by atomic mass is 10.1. The van der Waals surface area contributed by atoms with Gasteiger partial charge in [0.25, 0.3) is 0 Å². The van der Waals surface area contributed by atoms with E-state index in [4.69, 9.17) is 5.73 Å². The summed E-state index contributed by atoms with van der Waals surface area (Å²) < 4.78 is 63.4. The summed E-state index contributed by atoms with van der Waals surface area (Å²) >= 11 is 1.17. The number of benzene rings is 2. The fourth-order valence-corrected chi connectivity index (χ4v) is 4.01. The van der Waals surface area contributed by atoms with Crippen molar-refractivity contribution in [3.05, 3.63) is 54.1 Å². The number of sulfone groups is 1. The van der Waals surface area contributed by atoms with Crippen LogP contribution in [0.1, 0.15) is 12.0 Å². The van der Waals surface area contributed by atoms with Gasteiger partial charge in [-0.2, -0.15) is 13.2 Å². The monoisotopic (exact) mass is 470 g/mol. The highest BCUT2D eigenvalue weighted by molar-refractivity contribution is 7.99. The van der Waals surface area contributed by atoms with Crippen LogP contribution in [0, 0.1) is 0 Å². The third kappa shape index (κ3) is 5.64. The van der Waals surface area contributed by atoms with E-state index in [-0.39, 0.29) is 17.1 Å². The molecule has 0 bridgehead atoms. The molecule has 3 aromatic rings. The lowest BCUT2D eigenvalue weighted by Crippen LogP contribution is -2.10. The molecule has 0 fully saturated rings. The number of nitrogens with two attached hydrogens (primary N) is 1. The SMILES string of the molecule is CS(=O)(=O)c1ccc(-n2nc(SCCC(N)=O)nc2-c2ccc(C(F)(F)F)cc2)cc1. The number of amides is 1. The molecule has 0 saturated carbocycles. The Morgan fingerprint density at radius 1 is 1.10 bits per heavy atom. The predicted molar refractivity (Wildman–Crippen MR) is 109 cm³/mol. The van der Waals surface area contributed by atoms with E-state index in [0.29, 0.717) is 22.2 Å². The van der Waals surface area contributed by atoms with Crippen LogP contribution in [0.25, 0.3) is 17.1 Å². The van der Waals surface area contributed by atoms with Crippen LogP contribution in [0.3, 0.4) is 0 Å². The molecule has 3 rings (SSSR count). The van der Waals surface area contributed by atoms with E-state index in [0.717, 1.165) is 18.4 Å². The fraction of sp³-hybridized carbons (Fsp3) is 0.211. The Morgan fingerprint density at radius 3 is 2.23 bits per heavy atom. The molecule has 164 valence electrons. The first-order valence-corrected chi connectivity index (χ1v) is 11.7. The first-order valence-electron chi connectivity index (χ1n) is 8.81. The average molecular weight is 470 g/mol. The van der Waals surface area contributed by atoms with Crippen LogP contribution >= 0.6 is 11.8 Å². The van der Waals surface area contributed by atoms with Crippen LogP contribution < -0.4 is 5.73 Å². The van der Waals surface area contributed by atoms with Gasteiger partial charge >= 0.3 is 6.18 Å². The molecule has 2 aromatic carbocycles. The number of alkyl halides is 3. The zero-order chi connectivity index (χ0) is 22.8. The number of rotatable bonds is 7. The molecule has 0 aliphatic carbocycles. The lowest BCUT2D eigenvalue weighted by Gasteiger charge is -2.09. The van der Waals surface area contributed by atoms with Crippen LogP contribution in [0.5, 0.6) is 0 Å². The summed E-state index contributed by atoms with van der Waals surface area (Å²) in [6.07, 6.45) is -3.28. The van der Waals surface area contributed by atoms with Gasteiger partial charge in [0.1, 0.15) is 0 Å². The van der Waals surface area contributed by atoms with Crippen LogP contribution in [-0.2, 0) is 20.8 Å². The molecule has 2 N–H and O–H groups in total. The van der Waals surface area contributed by atoms with Crippen molar-refractivity contribution in [1.82, 2.24) is 14.8 Å². The van der Waals surface area contributed by atoms with Gasteiger partial charge in [0.2, 0.25) is 11.1 Å². The van der Waals surface area contributed by atoms with E-state index in [2.05, 4.69) is 10.1 Å². The van der Waals surface area contributed by atoms with Crippen molar-refractivity contribution < 1.29 is 26.4 Å². The maximum atomic E-state index is 12.9. The van der Waals surface area contributed by atoms with Crippen LogP contribution in [0.15, 0.2) is 58.6 Å². The summed E-state index contributed by atoms with van der Waals surface area (Å²) in [5.41, 5.74) is 5.19. The third-order valence-corrected chi connectivity index (χ3v) is 6.12. The molecule has 1 amide bonds. The summed E-state index contributed by atoms with van der Waals surface area (Å²) in [6, 6.07) is 10.3. The molecule has 12 heteroatoms. The Morgan fingerprint density at radius 2 is 1.71 bits per heavy atom. The second-order valence-electron chi connectivity index (χ2n) is 6.54. The maximum Gasteiger partial charge on any atom is 0.416 e. The van der Waals surface area contributed by atoms with Crippen LogP contribution in [-0.4, -0.2) is 41.1 Å². The minimum absolute atomic E-state index is 0.109. The number of carbonyl (C=O) groups is 1. The number of thioether (sulfide) groups is 1. The molecule has 0 unspecified atom stereocenters. The van der Waals surface area contributed by atoms with Gasteiger partial charge in [-0.25, -0.2) is 18.1 Å². The van der Waals surface area contributed by atoms with E-state index in [1.165, 1.54) is 52.8 Å². The Bertz CT molecular complexity index is 1190. The smallest absolute Gasteiger partial charge is 0.370 e. The average Bonchev–Trinajstić information content (AvgIpc) is 3.11. The van der Waals surface area contributed by atoms with Gasteiger partial charge in [0.15, 0.2) is 15.7 Å². The number of primary amides is 1. The second kappa shape index (κ2) is 8.71. The molecule has 0 saturated heterocycles. The molecule has 0 radical (unpaired) electrons. The molecule has 31 heavy (non-hydrogen) atoms. The number of halogens is 3. The Kier molecular flexibility index (Phi) is 6.41. The van der Waals surface area contributed by atoms with Gasteiger partial charge in [-0.05, 0) is 36.4 Å². The molecule has 0 aliphatic heterocycles. The molecule has 7 nitrogen and oxygen atoms in total. The highest BCUT2D eigenvalue weighted by Gasteiger charge is 2.30. The summed E-state index contributed by atoms with van der Waals surface area (Å²) in [7, 11) is -3.40. The Balaban J connectivity index is 2.02. The van der Waals surface area contributed by atoms with E-state index in [1.807, 2.05) is 0 Å². The zero-order valence-electron chi connectivity index (χ0n) is 16.1. The largest absolute Gasteiger partial charge is 0.416 e. The van der Waals surface area contributed by atoms with Crippen molar-refractivity contribution in [2.45, 2.75) is 22.6 Å². The number of nitrogens with zero attached hydrogens (tertiary/aromatic N) is 3. The zero-order valence-corrected chi connectivity index (χ0v) is 17.8. The first-order chi connectivity index (χ1) is 14.4. The van der Waals surface area contributed by atoms with Crippen molar-refractivity contribution >= 4 is 27.5 Å². The van der Waals surface area contributed by atoms with Gasteiger partial charge < -0.3 is 5.73 Å². The predicted octanol–water partition coefficient (Wildman–Crippen LogP) is 3.32. The van der Waals surface area contributed by atoms with E-state index < -0.39 is 27.5 Å². The van der Waals surface area contributed by atoms with Crippen LogP contribution in [0.2, 0.25) is 0 Å². The van der Waals surface area contributed by atoms with Crippen molar-refractivity contribution in [2.75, 3.05) is 12.0 Å². The minimum Gasteiger partial charge on any atom is -0.370 e. The van der Waals surface area contributed by atoms with Crippen LogP contribution in [0.4, 0.5) is 13.2 Å². The summed E-state index contributed by atoms with van der Waals surface area (Å²) in [5.74, 6) is 0.118. The second-order valence-corrected chi connectivity index (χ2v) is 9.61. The number of hydrogen-bond acceptors (Lipinski definition) is 6. The molecule has 0 aliphatic rings. The summed E-state index contributed by atoms with van der Waals surface area (Å²) in [4.78, 5) is 15.4. The van der Waals surface area contributed by atoms with Crippen molar-refractivity contribution in [3.8, 4) is 17.1 Å². The quantitative estimate of drug-likeness (QED) is 0.531. The van der Waals surface area contributed by atoms with E-state index >= 15 is 0 Å². The van der Waals surface area contributed by atoms with Gasteiger partial charge in [-0.3, -0.25) is 4.79 Å². The fourth-order valence-electron chi connectivity index (χ4n) is 2.61. The lowest BCUT2D eigenvalue weighted by molar-refractivity contribution is -0.137. The Labute approximate surface area is 180 Å². The third-order valence-electron chi connectivity index (χ3n) is 4.15. The van der Waals surface area contributed by atoms with Gasteiger partial charge in [0.05, 0.1) is 16.1 Å². The summed E-state index contributed by atoms with van der Waals surface area (Å²) in [6.45, 7) is 0. The van der Waals surface area contributed by atoms with Gasteiger partial charge in [0, 0.05) is 24.0 Å². The minimum atomic E-state index is -4.47. The number of aromatic nitrogens is 3. The highest BCUT2D eigenvalue weighted by Crippen LogP contribution is 2.32. The molecule has 0 spiro atoms. The van der Waals surface area contributed by atoms with E-state index in [1.54, 1.807) is 0 Å². The van der Waals surface area contributed by atoms with Gasteiger partial charge in [-0.1, -0.05) is 23.9 Å². The van der Waals surface area contributed by atoms with Crippen molar-refractivity contribution in [2.24, 2.45) is 5.73 Å².